The van der Waals surface area contributed by atoms with E-state index in [0.29, 0.717) is 0 Å². The number of hydrogen-bond donors (Lipinski definition) is 0. The van der Waals surface area contributed by atoms with Gasteiger partial charge in [0.15, 0.2) is 0 Å². The van der Waals surface area contributed by atoms with E-state index in [2.05, 4.69) is 4.98 Å². The zero-order chi connectivity index (χ0) is 14.5. The summed E-state index contributed by atoms with van der Waals surface area (Å²) in [7, 11) is 0. The molecule has 0 fully saturated rings. The Bertz CT molecular complexity index is 745. The van der Waals surface area contributed by atoms with Gasteiger partial charge in [0.25, 0.3) is 0 Å². The normalized spacial score (nSPS) is 11.0. The predicted molar refractivity (Wildman–Crippen MR) is 84.9 cm³/mol. The van der Waals surface area contributed by atoms with Crippen LogP contribution in [-0.2, 0) is 16.1 Å². The highest BCUT2D eigenvalue weighted by Gasteiger charge is 2.05. The molecule has 1 heterocycles. The summed E-state index contributed by atoms with van der Waals surface area (Å²) in [5.74, 6) is -0.363. The van der Waals surface area contributed by atoms with Gasteiger partial charge in [0, 0.05) is 6.08 Å². The van der Waals surface area contributed by atoms with Crippen molar-refractivity contribution in [3.8, 4) is 0 Å². The van der Waals surface area contributed by atoms with Crippen molar-refractivity contribution in [2.45, 2.75) is 6.61 Å². The predicted octanol–water partition coefficient (Wildman–Crippen LogP) is 4.05. The van der Waals surface area contributed by atoms with Gasteiger partial charge in [-0.15, -0.1) is 11.3 Å². The fourth-order valence-corrected chi connectivity index (χ4v) is 2.77. The Kier molecular flexibility index (Phi) is 4.07. The Morgan fingerprint density at radius 1 is 1.10 bits per heavy atom. The van der Waals surface area contributed by atoms with E-state index in [4.69, 9.17) is 4.74 Å². The van der Waals surface area contributed by atoms with Crippen LogP contribution in [0.25, 0.3) is 16.3 Å². The highest BCUT2D eigenvalue weighted by Crippen LogP contribution is 2.21. The molecule has 0 aliphatic carbocycles. The van der Waals surface area contributed by atoms with Crippen LogP contribution in [0.15, 0.2) is 60.7 Å². The molecule has 3 nitrogen and oxygen atoms in total. The first-order chi connectivity index (χ1) is 10.3. The Hall–Kier alpha value is -2.46. The summed E-state index contributed by atoms with van der Waals surface area (Å²) in [5, 5.41) is 0.803. The van der Waals surface area contributed by atoms with Crippen LogP contribution in [-0.4, -0.2) is 11.0 Å². The van der Waals surface area contributed by atoms with Gasteiger partial charge in [0.1, 0.15) is 11.6 Å². The van der Waals surface area contributed by atoms with Gasteiger partial charge in [-0.05, 0) is 23.8 Å². The topological polar surface area (TPSA) is 39.2 Å². The number of hydrogen-bond acceptors (Lipinski definition) is 4. The molecule has 1 aromatic heterocycles. The summed E-state index contributed by atoms with van der Waals surface area (Å²) in [6.45, 7) is 0.206. The van der Waals surface area contributed by atoms with E-state index in [0.717, 1.165) is 20.8 Å². The van der Waals surface area contributed by atoms with Crippen LogP contribution in [0.3, 0.4) is 0 Å². The lowest BCUT2D eigenvalue weighted by atomic mass is 10.2. The van der Waals surface area contributed by atoms with Crippen LogP contribution >= 0.6 is 11.3 Å². The highest BCUT2D eigenvalue weighted by molar-refractivity contribution is 7.18. The van der Waals surface area contributed by atoms with E-state index < -0.39 is 0 Å². The highest BCUT2D eigenvalue weighted by atomic mass is 32.1. The molecule has 0 radical (unpaired) electrons. The summed E-state index contributed by atoms with van der Waals surface area (Å²) in [5.41, 5.74) is 1.91. The molecule has 104 valence electrons. The van der Waals surface area contributed by atoms with Crippen molar-refractivity contribution in [2.24, 2.45) is 0 Å². The third-order valence-electron chi connectivity index (χ3n) is 2.89. The Labute approximate surface area is 126 Å². The van der Waals surface area contributed by atoms with Gasteiger partial charge < -0.3 is 4.74 Å². The molecule has 0 saturated heterocycles. The van der Waals surface area contributed by atoms with Crippen LogP contribution in [0.5, 0.6) is 0 Å². The Balaban J connectivity index is 1.59. The average Bonchev–Trinajstić information content (AvgIpc) is 2.95. The lowest BCUT2D eigenvalue weighted by Crippen LogP contribution is -2.00. The minimum Gasteiger partial charge on any atom is -0.455 e. The minimum atomic E-state index is -0.363. The SMILES string of the molecule is O=C(/C=C/c1ccccc1)OCc1nc2ccccc2s1. The van der Waals surface area contributed by atoms with E-state index in [-0.39, 0.29) is 12.6 Å². The van der Waals surface area contributed by atoms with Crippen molar-refractivity contribution in [2.75, 3.05) is 0 Å². The molecule has 0 spiro atoms. The van der Waals surface area contributed by atoms with Crippen molar-refractivity contribution in [3.05, 3.63) is 71.2 Å². The first kappa shape index (κ1) is 13.5. The first-order valence-electron chi connectivity index (χ1n) is 6.55. The Morgan fingerprint density at radius 3 is 2.67 bits per heavy atom. The lowest BCUT2D eigenvalue weighted by molar-refractivity contribution is -0.138. The van der Waals surface area contributed by atoms with Crippen LogP contribution in [0, 0.1) is 0 Å². The van der Waals surface area contributed by atoms with Crippen LogP contribution in [0.1, 0.15) is 10.6 Å². The standard InChI is InChI=1S/C17H13NO2S/c19-17(11-10-13-6-2-1-3-7-13)20-12-16-18-14-8-4-5-9-15(14)21-16/h1-11H,12H2/b11-10+. The third-order valence-corrected chi connectivity index (χ3v) is 3.90. The molecule has 3 aromatic rings. The molecule has 4 heteroatoms. The van der Waals surface area contributed by atoms with Crippen LogP contribution in [0.4, 0.5) is 0 Å². The third kappa shape index (κ3) is 3.55. The summed E-state index contributed by atoms with van der Waals surface area (Å²) in [6.07, 6.45) is 3.17. The molecule has 3 rings (SSSR count). The van der Waals surface area contributed by atoms with E-state index in [1.165, 1.54) is 6.08 Å². The molecule has 0 aliphatic heterocycles. The lowest BCUT2D eigenvalue weighted by Gasteiger charge is -1.97. The number of nitrogens with zero attached hydrogens (tertiary/aromatic N) is 1. The van der Waals surface area contributed by atoms with Gasteiger partial charge in [0.2, 0.25) is 0 Å². The van der Waals surface area contributed by atoms with E-state index in [1.807, 2.05) is 54.6 Å². The molecular formula is C17H13NO2S. The van der Waals surface area contributed by atoms with E-state index >= 15 is 0 Å². The van der Waals surface area contributed by atoms with Crippen LogP contribution in [0.2, 0.25) is 0 Å². The van der Waals surface area contributed by atoms with Gasteiger partial charge in [-0.3, -0.25) is 0 Å². The maximum absolute atomic E-state index is 11.7. The zero-order valence-electron chi connectivity index (χ0n) is 11.2. The Morgan fingerprint density at radius 2 is 1.86 bits per heavy atom. The molecule has 0 N–H and O–H groups in total. The molecule has 0 aliphatic rings. The van der Waals surface area contributed by atoms with Crippen molar-refractivity contribution >= 4 is 33.6 Å². The molecule has 0 bridgehead atoms. The average molecular weight is 295 g/mol. The summed E-state index contributed by atoms with van der Waals surface area (Å²) in [4.78, 5) is 16.1. The molecule has 2 aromatic carbocycles. The molecule has 0 saturated carbocycles. The molecule has 0 unspecified atom stereocenters. The summed E-state index contributed by atoms with van der Waals surface area (Å²) >= 11 is 1.54. The number of carbonyl (C=O) groups is 1. The van der Waals surface area contributed by atoms with Gasteiger partial charge >= 0.3 is 5.97 Å². The monoisotopic (exact) mass is 295 g/mol. The van der Waals surface area contributed by atoms with Gasteiger partial charge in [-0.1, -0.05) is 42.5 Å². The number of para-hydroxylation sites is 1. The van der Waals surface area contributed by atoms with Crippen molar-refractivity contribution < 1.29 is 9.53 Å². The molecular weight excluding hydrogens is 282 g/mol. The number of esters is 1. The molecule has 0 amide bonds. The zero-order valence-corrected chi connectivity index (χ0v) is 12.0. The van der Waals surface area contributed by atoms with E-state index in [1.54, 1.807) is 17.4 Å². The second kappa shape index (κ2) is 6.33. The second-order valence-electron chi connectivity index (χ2n) is 4.43. The minimum absolute atomic E-state index is 0.206. The van der Waals surface area contributed by atoms with Crippen molar-refractivity contribution in [1.82, 2.24) is 4.98 Å². The molecule has 21 heavy (non-hydrogen) atoms. The maximum atomic E-state index is 11.7. The maximum Gasteiger partial charge on any atom is 0.331 e. The summed E-state index contributed by atoms with van der Waals surface area (Å²) < 4.78 is 6.30. The number of thiazole rings is 1. The number of aromatic nitrogens is 1. The first-order valence-corrected chi connectivity index (χ1v) is 7.37. The number of ether oxygens (including phenoxy) is 1. The fourth-order valence-electron chi connectivity index (χ4n) is 1.89. The van der Waals surface area contributed by atoms with Crippen molar-refractivity contribution in [3.63, 3.8) is 0 Å². The van der Waals surface area contributed by atoms with Crippen LogP contribution < -0.4 is 0 Å². The second-order valence-corrected chi connectivity index (χ2v) is 5.54. The van der Waals surface area contributed by atoms with Gasteiger partial charge in [-0.25, -0.2) is 9.78 Å². The summed E-state index contributed by atoms with van der Waals surface area (Å²) in [6, 6.07) is 17.5. The van der Waals surface area contributed by atoms with Crippen molar-refractivity contribution in [1.29, 1.82) is 0 Å². The number of carbonyl (C=O) groups excluding carboxylic acids is 1. The smallest absolute Gasteiger partial charge is 0.331 e. The number of fused-ring (bicyclic) bond motifs is 1. The van der Waals surface area contributed by atoms with Gasteiger partial charge in [0.05, 0.1) is 10.2 Å². The van der Waals surface area contributed by atoms with Gasteiger partial charge in [-0.2, -0.15) is 0 Å². The number of benzene rings is 2. The quantitative estimate of drug-likeness (QED) is 0.538. The fraction of sp³-hybridized carbons (Fsp3) is 0.0588. The van der Waals surface area contributed by atoms with E-state index in [9.17, 15) is 4.79 Å². The molecule has 0 atom stereocenters. The largest absolute Gasteiger partial charge is 0.455 e. The number of rotatable bonds is 4.